The number of esters is 1. The number of hydrogen-bond acceptors (Lipinski definition) is 10. The van der Waals surface area contributed by atoms with E-state index in [-0.39, 0.29) is 16.5 Å². The maximum absolute atomic E-state index is 12.8. The van der Waals surface area contributed by atoms with Crippen LogP contribution >= 0.6 is 23.5 Å². The van der Waals surface area contributed by atoms with Crippen molar-refractivity contribution in [2.75, 3.05) is 31.7 Å². The molecule has 0 bridgehead atoms. The molecule has 0 radical (unpaired) electrons. The van der Waals surface area contributed by atoms with Crippen molar-refractivity contribution in [2.24, 2.45) is 5.84 Å². The van der Waals surface area contributed by atoms with Crippen LogP contribution in [0.1, 0.15) is 26.2 Å². The van der Waals surface area contributed by atoms with Crippen LogP contribution in [0, 0.1) is 0 Å². The number of ether oxygens (including phenoxy) is 1. The molecule has 0 aromatic carbocycles. The molecular weight excluding hydrogens is 392 g/mol. The maximum atomic E-state index is 12.8. The van der Waals surface area contributed by atoms with Gasteiger partial charge in [0.05, 0.1) is 23.8 Å². The number of aliphatic hydroxyl groups excluding tert-OH is 2. The van der Waals surface area contributed by atoms with Gasteiger partial charge in [0.2, 0.25) is 5.91 Å². The highest BCUT2D eigenvalue weighted by Crippen LogP contribution is 2.50. The minimum Gasteiger partial charge on any atom is -0.468 e. The molecule has 0 aromatic heterocycles. The Bertz CT molecular complexity index is 521. The van der Waals surface area contributed by atoms with Gasteiger partial charge in [0.1, 0.15) is 18.4 Å². The van der Waals surface area contributed by atoms with Crippen molar-refractivity contribution in [2.45, 2.75) is 54.7 Å². The van der Waals surface area contributed by atoms with Crippen LogP contribution in [0.3, 0.4) is 0 Å². The third-order valence-electron chi connectivity index (χ3n) is 4.79. The number of amides is 1. The molecule has 2 heterocycles. The number of carbonyl (C=O) groups excluding carboxylic acids is 2. The van der Waals surface area contributed by atoms with Gasteiger partial charge in [-0.1, -0.05) is 13.3 Å². The van der Waals surface area contributed by atoms with Crippen LogP contribution in [0.25, 0.3) is 0 Å². The first kappa shape index (κ1) is 22.7. The normalized spacial score (nSPS) is 25.3. The monoisotopic (exact) mass is 422 g/mol. The summed E-state index contributed by atoms with van der Waals surface area (Å²) in [5.74, 6) is 7.40. The SMILES string of the molecule is CCCC(NC(=O)C1CC2(CN1N)SCCS2)C(O)C(O)NCC(=O)OC. The van der Waals surface area contributed by atoms with Crippen molar-refractivity contribution in [3.05, 3.63) is 0 Å². The summed E-state index contributed by atoms with van der Waals surface area (Å²) in [5, 5.41) is 27.4. The number of nitrogens with one attached hydrogen (secondary N) is 2. The third kappa shape index (κ3) is 5.96. The number of aliphatic hydroxyl groups is 2. The van der Waals surface area contributed by atoms with E-state index >= 15 is 0 Å². The Labute approximate surface area is 168 Å². The van der Waals surface area contributed by atoms with Gasteiger partial charge < -0.3 is 20.3 Å². The molecule has 0 aliphatic carbocycles. The van der Waals surface area contributed by atoms with E-state index in [0.717, 1.165) is 11.5 Å². The van der Waals surface area contributed by atoms with E-state index in [1.54, 1.807) is 5.01 Å². The molecule has 2 aliphatic heterocycles. The van der Waals surface area contributed by atoms with Crippen LogP contribution in [0.2, 0.25) is 0 Å². The van der Waals surface area contributed by atoms with Gasteiger partial charge in [-0.05, 0) is 12.8 Å². The van der Waals surface area contributed by atoms with Crippen molar-refractivity contribution in [3.8, 4) is 0 Å². The van der Waals surface area contributed by atoms with Crippen LogP contribution in [0.15, 0.2) is 0 Å². The zero-order valence-corrected chi connectivity index (χ0v) is 17.4. The lowest BCUT2D eigenvalue weighted by Gasteiger charge is -2.29. The Morgan fingerprint density at radius 2 is 2.04 bits per heavy atom. The Morgan fingerprint density at radius 1 is 1.37 bits per heavy atom. The molecule has 0 aromatic rings. The summed E-state index contributed by atoms with van der Waals surface area (Å²) in [5.41, 5.74) is 0. The predicted molar refractivity (Wildman–Crippen MR) is 106 cm³/mol. The fourth-order valence-corrected chi connectivity index (χ4v) is 6.61. The van der Waals surface area contributed by atoms with E-state index in [1.807, 2.05) is 30.4 Å². The van der Waals surface area contributed by atoms with Gasteiger partial charge in [-0.25, -0.2) is 5.01 Å². The maximum Gasteiger partial charge on any atom is 0.319 e. The van der Waals surface area contributed by atoms with Gasteiger partial charge >= 0.3 is 5.97 Å². The Balaban J connectivity index is 1.93. The fourth-order valence-electron chi connectivity index (χ4n) is 3.33. The molecule has 27 heavy (non-hydrogen) atoms. The summed E-state index contributed by atoms with van der Waals surface area (Å²) in [6, 6.07) is -1.12. The molecular formula is C16H30N4O5S2. The smallest absolute Gasteiger partial charge is 0.319 e. The highest BCUT2D eigenvalue weighted by atomic mass is 32.2. The molecule has 2 aliphatic rings. The molecule has 1 spiro atoms. The number of nitrogens with zero attached hydrogens (tertiary/aromatic N) is 1. The van der Waals surface area contributed by atoms with E-state index in [9.17, 15) is 19.8 Å². The van der Waals surface area contributed by atoms with Gasteiger partial charge in [0, 0.05) is 18.1 Å². The molecule has 4 unspecified atom stereocenters. The number of carbonyl (C=O) groups is 2. The van der Waals surface area contributed by atoms with Gasteiger partial charge in [0.15, 0.2) is 0 Å². The largest absolute Gasteiger partial charge is 0.468 e. The van der Waals surface area contributed by atoms with E-state index < -0.39 is 30.4 Å². The molecule has 4 atom stereocenters. The summed E-state index contributed by atoms with van der Waals surface area (Å²) in [6.45, 7) is 2.33. The molecule has 11 heteroatoms. The summed E-state index contributed by atoms with van der Waals surface area (Å²) < 4.78 is 4.46. The second kappa shape index (κ2) is 10.3. The first-order chi connectivity index (χ1) is 12.8. The number of hydrogen-bond donors (Lipinski definition) is 5. The number of hydrazine groups is 1. The Kier molecular flexibility index (Phi) is 8.66. The number of rotatable bonds is 9. The molecule has 1 amide bonds. The fraction of sp³-hybridized carbons (Fsp3) is 0.875. The molecule has 2 rings (SSSR count). The minimum atomic E-state index is -1.37. The number of methoxy groups -OCH3 is 1. The van der Waals surface area contributed by atoms with Crippen LogP contribution in [0.4, 0.5) is 0 Å². The average molecular weight is 423 g/mol. The summed E-state index contributed by atoms with van der Waals surface area (Å²) >= 11 is 3.69. The first-order valence-electron chi connectivity index (χ1n) is 9.08. The Morgan fingerprint density at radius 3 is 2.63 bits per heavy atom. The lowest BCUT2D eigenvalue weighted by atomic mass is 10.0. The molecule has 2 saturated heterocycles. The zero-order chi connectivity index (χ0) is 20.0. The molecule has 9 nitrogen and oxygen atoms in total. The van der Waals surface area contributed by atoms with Gasteiger partial charge in [0.25, 0.3) is 0 Å². The lowest BCUT2D eigenvalue weighted by Crippen LogP contribution is -2.57. The van der Waals surface area contributed by atoms with Gasteiger partial charge in [-0.3, -0.25) is 20.7 Å². The number of nitrogens with two attached hydrogens (primary N) is 1. The standard InChI is InChI=1S/C16H30N4O5S2/c1-3-4-10(13(22)15(24)18-8-12(21)25-2)19-14(23)11-7-16(9-20(11)17)26-5-6-27-16/h10-11,13,15,18,22,24H,3-9,17H2,1-2H3,(H,19,23). The highest BCUT2D eigenvalue weighted by molar-refractivity contribution is 8.21. The predicted octanol–water partition coefficient (Wildman–Crippen LogP) is -1.16. The van der Waals surface area contributed by atoms with E-state index in [1.165, 1.54) is 7.11 Å². The minimum absolute atomic E-state index is 0.0305. The average Bonchev–Trinajstić information content (AvgIpc) is 3.24. The highest BCUT2D eigenvalue weighted by Gasteiger charge is 2.49. The quantitative estimate of drug-likeness (QED) is 0.176. The van der Waals surface area contributed by atoms with E-state index in [0.29, 0.717) is 25.8 Å². The van der Waals surface area contributed by atoms with Crippen molar-refractivity contribution in [1.29, 1.82) is 0 Å². The lowest BCUT2D eigenvalue weighted by molar-refractivity contribution is -0.141. The van der Waals surface area contributed by atoms with E-state index in [2.05, 4.69) is 15.4 Å². The molecule has 6 N–H and O–H groups in total. The molecule has 0 saturated carbocycles. The Hall–Kier alpha value is -0.560. The van der Waals surface area contributed by atoms with Gasteiger partial charge in [-0.15, -0.1) is 23.5 Å². The van der Waals surface area contributed by atoms with Crippen molar-refractivity contribution < 1.29 is 24.5 Å². The van der Waals surface area contributed by atoms with Crippen LogP contribution in [-0.2, 0) is 14.3 Å². The van der Waals surface area contributed by atoms with Crippen molar-refractivity contribution in [1.82, 2.24) is 15.6 Å². The molecule has 2 fully saturated rings. The third-order valence-corrected chi connectivity index (χ3v) is 8.22. The van der Waals surface area contributed by atoms with Crippen molar-refractivity contribution in [3.63, 3.8) is 0 Å². The summed E-state index contributed by atoms with van der Waals surface area (Å²) in [4.78, 5) is 24.0. The summed E-state index contributed by atoms with van der Waals surface area (Å²) in [7, 11) is 1.24. The molecule has 156 valence electrons. The second-order valence-electron chi connectivity index (χ2n) is 6.80. The van der Waals surface area contributed by atoms with Crippen LogP contribution in [0.5, 0.6) is 0 Å². The van der Waals surface area contributed by atoms with Gasteiger partial charge in [-0.2, -0.15) is 0 Å². The topological polar surface area (TPSA) is 137 Å². The zero-order valence-electron chi connectivity index (χ0n) is 15.7. The second-order valence-corrected chi connectivity index (χ2v) is 10.0. The number of thioether (sulfide) groups is 2. The van der Waals surface area contributed by atoms with E-state index in [4.69, 9.17) is 5.84 Å². The van der Waals surface area contributed by atoms with Crippen LogP contribution in [-0.4, -0.2) is 87.3 Å². The van der Waals surface area contributed by atoms with Crippen molar-refractivity contribution >= 4 is 35.4 Å². The summed E-state index contributed by atoms with van der Waals surface area (Å²) in [6.07, 6.45) is -0.794. The first-order valence-corrected chi connectivity index (χ1v) is 11.0. The van der Waals surface area contributed by atoms with Crippen LogP contribution < -0.4 is 16.5 Å².